The summed E-state index contributed by atoms with van der Waals surface area (Å²) in [6, 6.07) is 1.80. The topological polar surface area (TPSA) is 58.4 Å². The maximum atomic E-state index is 11.4. The number of nitrogens with one attached hydrogen (secondary N) is 1. The van der Waals surface area contributed by atoms with Gasteiger partial charge in [-0.2, -0.15) is 0 Å². The zero-order valence-corrected chi connectivity index (χ0v) is 8.12. The Balaban J connectivity index is 1.79. The summed E-state index contributed by atoms with van der Waals surface area (Å²) in [5.41, 5.74) is 0.761. The van der Waals surface area contributed by atoms with E-state index in [1.54, 1.807) is 4.90 Å². The highest BCUT2D eigenvalue weighted by Gasteiger charge is 2.19. The molecule has 0 saturated carbocycles. The molecule has 0 unspecified atom stereocenters. The predicted molar refractivity (Wildman–Crippen MR) is 49.7 cm³/mol. The van der Waals surface area contributed by atoms with Crippen molar-refractivity contribution < 1.29 is 9.32 Å². The first kappa shape index (κ1) is 9.05. The van der Waals surface area contributed by atoms with Gasteiger partial charge in [0.2, 0.25) is 0 Å². The summed E-state index contributed by atoms with van der Waals surface area (Å²) >= 11 is 0. The third kappa shape index (κ3) is 1.86. The van der Waals surface area contributed by atoms with Crippen LogP contribution in [0.3, 0.4) is 0 Å². The highest BCUT2D eigenvalue weighted by atomic mass is 16.5. The first-order valence-electron chi connectivity index (χ1n) is 4.70. The number of nitrogens with zero attached hydrogens (tertiary/aromatic N) is 2. The molecule has 14 heavy (non-hydrogen) atoms. The summed E-state index contributed by atoms with van der Waals surface area (Å²) in [6.07, 6.45) is 1.11. The maximum absolute atomic E-state index is 11.4. The Morgan fingerprint density at radius 1 is 1.71 bits per heavy atom. The normalized spacial score (nSPS) is 15.1. The molecule has 1 aliphatic rings. The number of aryl methyl sites for hydroxylation is 1. The third-order valence-corrected chi connectivity index (χ3v) is 2.24. The first-order chi connectivity index (χ1) is 6.75. The van der Waals surface area contributed by atoms with Crippen molar-refractivity contribution in [2.24, 2.45) is 0 Å². The van der Waals surface area contributed by atoms with Crippen molar-refractivity contribution in [2.45, 2.75) is 19.9 Å². The molecule has 0 atom stereocenters. The summed E-state index contributed by atoms with van der Waals surface area (Å²) < 4.78 is 4.88. The number of aromatic nitrogens is 1. The Kier molecular flexibility index (Phi) is 2.39. The quantitative estimate of drug-likeness (QED) is 0.762. The predicted octanol–water partition coefficient (Wildman–Crippen LogP) is 0.898. The number of amides is 2. The second kappa shape index (κ2) is 3.69. The van der Waals surface area contributed by atoms with Crippen LogP contribution < -0.4 is 5.32 Å². The van der Waals surface area contributed by atoms with Crippen LogP contribution in [-0.2, 0) is 6.54 Å². The molecule has 0 bridgehead atoms. The minimum absolute atomic E-state index is 0.0168. The van der Waals surface area contributed by atoms with E-state index >= 15 is 0 Å². The first-order valence-corrected chi connectivity index (χ1v) is 4.70. The Bertz CT molecular complexity index is 331. The number of carbonyl (C=O) groups excluding carboxylic acids is 1. The standard InChI is InChI=1S/C9H13N3O2/c1-7-5-8(11-14-7)6-10-9(13)12-3-2-4-12/h5H,2-4,6H2,1H3,(H,10,13). The summed E-state index contributed by atoms with van der Waals surface area (Å²) in [4.78, 5) is 13.1. The van der Waals surface area contributed by atoms with E-state index in [2.05, 4.69) is 10.5 Å². The minimum Gasteiger partial charge on any atom is -0.361 e. The van der Waals surface area contributed by atoms with Crippen molar-refractivity contribution in [3.8, 4) is 0 Å². The molecule has 1 fully saturated rings. The van der Waals surface area contributed by atoms with Crippen molar-refractivity contribution in [1.29, 1.82) is 0 Å². The fourth-order valence-corrected chi connectivity index (χ4v) is 1.30. The van der Waals surface area contributed by atoms with E-state index in [4.69, 9.17) is 4.52 Å². The van der Waals surface area contributed by atoms with Crippen LogP contribution in [0.2, 0.25) is 0 Å². The third-order valence-electron chi connectivity index (χ3n) is 2.24. The highest BCUT2D eigenvalue weighted by molar-refractivity contribution is 5.74. The van der Waals surface area contributed by atoms with Gasteiger partial charge >= 0.3 is 6.03 Å². The largest absolute Gasteiger partial charge is 0.361 e. The van der Waals surface area contributed by atoms with Crippen LogP contribution in [0.5, 0.6) is 0 Å². The lowest BCUT2D eigenvalue weighted by Gasteiger charge is -2.30. The molecule has 1 N–H and O–H groups in total. The van der Waals surface area contributed by atoms with Crippen molar-refractivity contribution in [3.63, 3.8) is 0 Å². The molecule has 2 heterocycles. The lowest BCUT2D eigenvalue weighted by molar-refractivity contribution is 0.167. The lowest BCUT2D eigenvalue weighted by atomic mass is 10.2. The highest BCUT2D eigenvalue weighted by Crippen LogP contribution is 2.06. The van der Waals surface area contributed by atoms with Crippen LogP contribution in [0.1, 0.15) is 17.9 Å². The van der Waals surface area contributed by atoms with E-state index in [1.807, 2.05) is 13.0 Å². The Morgan fingerprint density at radius 2 is 2.50 bits per heavy atom. The van der Waals surface area contributed by atoms with Crippen LogP contribution in [0.15, 0.2) is 10.6 Å². The van der Waals surface area contributed by atoms with Gasteiger partial charge < -0.3 is 14.7 Å². The second-order valence-corrected chi connectivity index (χ2v) is 3.43. The van der Waals surface area contributed by atoms with Crippen molar-refractivity contribution in [3.05, 3.63) is 17.5 Å². The van der Waals surface area contributed by atoms with Gasteiger partial charge in [0.25, 0.3) is 0 Å². The summed E-state index contributed by atoms with van der Waals surface area (Å²) in [7, 11) is 0. The van der Waals surface area contributed by atoms with Gasteiger partial charge in [-0.05, 0) is 13.3 Å². The molecule has 1 aliphatic heterocycles. The van der Waals surface area contributed by atoms with Crippen molar-refractivity contribution in [1.82, 2.24) is 15.4 Å². The summed E-state index contributed by atoms with van der Waals surface area (Å²) in [6.45, 7) is 3.99. The van der Waals surface area contributed by atoms with Crippen LogP contribution in [0.25, 0.3) is 0 Å². The molecule has 5 heteroatoms. The number of hydrogen-bond donors (Lipinski definition) is 1. The number of carbonyl (C=O) groups is 1. The number of rotatable bonds is 2. The molecule has 76 valence electrons. The van der Waals surface area contributed by atoms with Gasteiger partial charge in [-0.3, -0.25) is 0 Å². The molecule has 2 amide bonds. The SMILES string of the molecule is Cc1cc(CNC(=O)N2CCC2)no1. The molecule has 1 saturated heterocycles. The zero-order valence-electron chi connectivity index (χ0n) is 8.12. The van der Waals surface area contributed by atoms with E-state index in [9.17, 15) is 4.79 Å². The lowest BCUT2D eigenvalue weighted by Crippen LogP contribution is -2.47. The molecule has 0 radical (unpaired) electrons. The molecule has 0 aromatic carbocycles. The molecular formula is C9H13N3O2. The molecular weight excluding hydrogens is 182 g/mol. The Hall–Kier alpha value is -1.52. The van der Waals surface area contributed by atoms with Crippen molar-refractivity contribution in [2.75, 3.05) is 13.1 Å². The van der Waals surface area contributed by atoms with Gasteiger partial charge in [-0.25, -0.2) is 4.79 Å². The summed E-state index contributed by atoms with van der Waals surface area (Å²) in [5.74, 6) is 0.762. The van der Waals surface area contributed by atoms with E-state index in [0.29, 0.717) is 6.54 Å². The van der Waals surface area contributed by atoms with Crippen LogP contribution in [-0.4, -0.2) is 29.2 Å². The smallest absolute Gasteiger partial charge is 0.317 e. The van der Waals surface area contributed by atoms with Crippen LogP contribution in [0, 0.1) is 6.92 Å². The van der Waals surface area contributed by atoms with Crippen molar-refractivity contribution >= 4 is 6.03 Å². The number of hydrogen-bond acceptors (Lipinski definition) is 3. The maximum Gasteiger partial charge on any atom is 0.317 e. The monoisotopic (exact) mass is 195 g/mol. The Labute approximate surface area is 82.1 Å². The van der Waals surface area contributed by atoms with Gasteiger partial charge in [-0.1, -0.05) is 5.16 Å². The van der Waals surface area contributed by atoms with Gasteiger partial charge in [0.1, 0.15) is 11.5 Å². The van der Waals surface area contributed by atoms with Gasteiger partial charge in [0, 0.05) is 19.2 Å². The van der Waals surface area contributed by atoms with E-state index in [1.165, 1.54) is 0 Å². The molecule has 1 aromatic rings. The van der Waals surface area contributed by atoms with E-state index < -0.39 is 0 Å². The average molecular weight is 195 g/mol. The van der Waals surface area contributed by atoms with Gasteiger partial charge in [-0.15, -0.1) is 0 Å². The van der Waals surface area contributed by atoms with Gasteiger partial charge in [0.15, 0.2) is 0 Å². The fourth-order valence-electron chi connectivity index (χ4n) is 1.30. The van der Waals surface area contributed by atoms with Crippen LogP contribution >= 0.6 is 0 Å². The summed E-state index contributed by atoms with van der Waals surface area (Å²) in [5, 5.41) is 6.56. The van der Waals surface area contributed by atoms with E-state index in [-0.39, 0.29) is 6.03 Å². The Morgan fingerprint density at radius 3 is 3.00 bits per heavy atom. The number of urea groups is 1. The molecule has 2 rings (SSSR count). The molecule has 5 nitrogen and oxygen atoms in total. The minimum atomic E-state index is -0.0168. The average Bonchev–Trinajstić information content (AvgIpc) is 2.45. The van der Waals surface area contributed by atoms with E-state index in [0.717, 1.165) is 31.0 Å². The fraction of sp³-hybridized carbons (Fsp3) is 0.556. The molecule has 1 aromatic heterocycles. The molecule has 0 spiro atoms. The zero-order chi connectivity index (χ0) is 9.97. The molecule has 0 aliphatic carbocycles. The second-order valence-electron chi connectivity index (χ2n) is 3.43. The number of likely N-dealkylation sites (tertiary alicyclic amines) is 1. The van der Waals surface area contributed by atoms with Gasteiger partial charge in [0.05, 0.1) is 6.54 Å². The van der Waals surface area contributed by atoms with Crippen LogP contribution in [0.4, 0.5) is 4.79 Å².